The van der Waals surface area contributed by atoms with E-state index in [0.717, 1.165) is 58.3 Å². The summed E-state index contributed by atoms with van der Waals surface area (Å²) in [6.07, 6.45) is 19.2. The Balaban J connectivity index is 0.000000274. The third-order valence-electron chi connectivity index (χ3n) is 15.7. The first kappa shape index (κ1) is 40.2. The predicted octanol–water partition coefficient (Wildman–Crippen LogP) is 19.1. The molecule has 0 amide bonds. The first-order valence-corrected chi connectivity index (χ1v) is 23.2. The van der Waals surface area contributed by atoms with Gasteiger partial charge in [0.1, 0.15) is 0 Å². The van der Waals surface area contributed by atoms with Gasteiger partial charge in [0.15, 0.2) is 0 Å². The van der Waals surface area contributed by atoms with E-state index in [1.54, 1.807) is 6.92 Å². The highest BCUT2D eigenvalue weighted by Crippen LogP contribution is 2.60. The van der Waals surface area contributed by atoms with Gasteiger partial charge in [0, 0.05) is 9.60 Å². The second-order valence-corrected chi connectivity index (χ2v) is 22.7. The van der Waals surface area contributed by atoms with Gasteiger partial charge in [-0.3, -0.25) is 0 Å². The lowest BCUT2D eigenvalue weighted by atomic mass is 9.51. The Hall–Kier alpha value is -0.210. The maximum absolute atomic E-state index is 12.7. The third kappa shape index (κ3) is 16.8. The SMILES string of the molecule is [2H]C(C)(CC)CC.[2H]C([2H])(C)C1(C(F)(F)F)CCCC1.[2H]C([2H])(C)C1(C)CCCC1.[2H]C1(C)CCC2(CC1)CC(C)(C)CC(C)(C)C2.[2H]C1(C)CCC2(CC1)CCC(C)(C)CC2. The van der Waals surface area contributed by atoms with E-state index in [1.807, 2.05) is 6.92 Å². The van der Waals surface area contributed by atoms with Crippen LogP contribution in [-0.2, 0) is 0 Å². The van der Waals surface area contributed by atoms with Crippen molar-refractivity contribution in [1.82, 2.24) is 0 Å². The van der Waals surface area contributed by atoms with Crippen molar-refractivity contribution in [2.24, 2.45) is 55.6 Å². The molecule has 0 aromatic rings. The van der Waals surface area contributed by atoms with Crippen molar-refractivity contribution in [3.05, 3.63) is 0 Å². The van der Waals surface area contributed by atoms with Gasteiger partial charge in [-0.1, -0.05) is 168 Å². The summed E-state index contributed by atoms with van der Waals surface area (Å²) < 4.78 is 91.5. The van der Waals surface area contributed by atoms with Gasteiger partial charge >= 0.3 is 6.18 Å². The molecule has 0 nitrogen and oxygen atoms in total. The van der Waals surface area contributed by atoms with Crippen LogP contribution in [0.5, 0.6) is 0 Å². The molecule has 0 heterocycles. The minimum absolute atomic E-state index is 0.0347. The van der Waals surface area contributed by atoms with E-state index in [9.17, 15) is 13.2 Å². The van der Waals surface area contributed by atoms with Crippen LogP contribution in [0, 0.1) is 55.6 Å². The van der Waals surface area contributed by atoms with Gasteiger partial charge in [-0.05, 0) is 153 Å². The molecule has 6 fully saturated rings. The summed E-state index contributed by atoms with van der Waals surface area (Å²) in [5.74, 6) is -0.421. The van der Waals surface area contributed by atoms with Crippen molar-refractivity contribution < 1.29 is 22.8 Å². The second-order valence-electron chi connectivity index (χ2n) is 22.7. The van der Waals surface area contributed by atoms with Gasteiger partial charge in [0.05, 0.1) is 5.41 Å². The van der Waals surface area contributed by atoms with Gasteiger partial charge in [-0.25, -0.2) is 0 Å². The molecule has 0 N–H and O–H groups in total. The highest BCUT2D eigenvalue weighted by molar-refractivity contribution is 4.99. The average Bonchev–Trinajstić information content (AvgIpc) is 3.81. The summed E-state index contributed by atoms with van der Waals surface area (Å²) in [6.45, 7) is 29.7. The number of hydrogen-bond acceptors (Lipinski definition) is 0. The Bertz CT molecular complexity index is 1250. The molecule has 0 bridgehead atoms. The van der Waals surface area contributed by atoms with E-state index in [0.29, 0.717) is 39.9 Å². The maximum Gasteiger partial charge on any atom is 0.394 e. The molecule has 0 aromatic carbocycles. The van der Waals surface area contributed by atoms with Crippen molar-refractivity contribution in [3.63, 3.8) is 0 Å². The topological polar surface area (TPSA) is 0 Å². The van der Waals surface area contributed by atoms with Crippen molar-refractivity contribution in [3.8, 4) is 0 Å². The summed E-state index contributed by atoms with van der Waals surface area (Å²) in [6, 6.07) is 0. The standard InChI is InChI=1S/C16H30.C14H26.C8H13F3.C8H16.C6H14/c1-13-6-8-16(9-7-13)11-14(2,3)10-15(4,5)12-16;1-12-4-6-14(7-5-12)10-8-13(2,3)9-11-14;1-2-7(8(9,10)11)5-3-4-6-7;1-3-8(2)6-4-5-7-8;1-4-6(3)5-2/h13H,6-12H2,1-5H3;12H,4-11H2,1-3H3;2-6H2,1H3;3-7H2,1-2H3;6H,4-5H2,1-3H3/i13D;12D;2D2;3D2;6D. The Morgan fingerprint density at radius 1 is 0.545 bits per heavy atom. The van der Waals surface area contributed by atoms with Crippen LogP contribution < -0.4 is 0 Å². The number of alkyl halides is 3. The number of rotatable bonds is 4. The minimum Gasteiger partial charge on any atom is -0.171 e. The molecule has 55 heavy (non-hydrogen) atoms. The Kier molecular flexibility index (Phi) is 15.6. The predicted molar refractivity (Wildman–Crippen MR) is 238 cm³/mol. The van der Waals surface area contributed by atoms with Crippen LogP contribution in [0.2, 0.25) is 0 Å². The quantitative estimate of drug-likeness (QED) is 0.266. The molecule has 6 saturated carbocycles. The molecule has 0 aliphatic heterocycles. The van der Waals surface area contributed by atoms with Crippen molar-refractivity contribution in [2.45, 2.75) is 276 Å². The highest BCUT2D eigenvalue weighted by atomic mass is 19.4. The molecule has 6 aliphatic rings. The van der Waals surface area contributed by atoms with Crippen LogP contribution in [0.1, 0.15) is 280 Å². The molecule has 328 valence electrons. The number of hydrogen-bond donors (Lipinski definition) is 0. The lowest BCUT2D eigenvalue weighted by Crippen LogP contribution is -2.43. The molecule has 2 spiro atoms. The van der Waals surface area contributed by atoms with Crippen molar-refractivity contribution in [1.29, 1.82) is 0 Å². The Morgan fingerprint density at radius 2 is 0.927 bits per heavy atom. The lowest BCUT2D eigenvalue weighted by molar-refractivity contribution is -0.223. The van der Waals surface area contributed by atoms with Crippen LogP contribution in [0.3, 0.4) is 0 Å². The summed E-state index contributed by atoms with van der Waals surface area (Å²) in [7, 11) is 0. The summed E-state index contributed by atoms with van der Waals surface area (Å²) in [5.41, 5.74) is 0.664. The zero-order valence-electron chi connectivity index (χ0n) is 46.3. The van der Waals surface area contributed by atoms with Gasteiger partial charge < -0.3 is 0 Å². The van der Waals surface area contributed by atoms with Crippen LogP contribution in [0.4, 0.5) is 13.2 Å². The van der Waals surface area contributed by atoms with Gasteiger partial charge in [0.2, 0.25) is 0 Å². The molecule has 0 aromatic heterocycles. The zero-order valence-corrected chi connectivity index (χ0v) is 39.3. The molecule has 0 radical (unpaired) electrons. The Morgan fingerprint density at radius 3 is 1.22 bits per heavy atom. The smallest absolute Gasteiger partial charge is 0.171 e. The third-order valence-corrected chi connectivity index (χ3v) is 15.7. The monoisotopic (exact) mass is 788 g/mol. The molecular weight excluding hydrogens is 682 g/mol. The first-order valence-electron chi connectivity index (χ1n) is 26.7. The first-order chi connectivity index (χ1) is 27.6. The molecule has 0 saturated heterocycles. The normalized spacial score (nSPS) is 31.1. The lowest BCUT2D eigenvalue weighted by Gasteiger charge is -2.54. The number of halogens is 3. The zero-order chi connectivity index (χ0) is 48.2. The maximum atomic E-state index is 12.7. The second kappa shape index (κ2) is 21.4. The fourth-order valence-corrected chi connectivity index (χ4v) is 11.5. The van der Waals surface area contributed by atoms with E-state index in [-0.39, 0.29) is 35.9 Å². The van der Waals surface area contributed by atoms with Gasteiger partial charge in [-0.2, -0.15) is 13.2 Å². The van der Waals surface area contributed by atoms with Gasteiger partial charge in [0.25, 0.3) is 0 Å². The van der Waals surface area contributed by atoms with E-state index in [2.05, 4.69) is 76.2 Å². The molecule has 6 rings (SSSR count). The minimum atomic E-state index is -4.41. The molecule has 0 atom stereocenters. The fourth-order valence-electron chi connectivity index (χ4n) is 11.5. The molecule has 0 unspecified atom stereocenters. The van der Waals surface area contributed by atoms with E-state index < -0.39 is 24.3 Å². The van der Waals surface area contributed by atoms with Crippen LogP contribution >= 0.6 is 0 Å². The van der Waals surface area contributed by atoms with Crippen LogP contribution in [0.25, 0.3) is 0 Å². The van der Waals surface area contributed by atoms with Crippen LogP contribution in [-0.4, -0.2) is 6.18 Å². The molecular formula is C52H99F3. The Labute approximate surface area is 354 Å². The van der Waals surface area contributed by atoms with E-state index in [1.165, 1.54) is 83.5 Å². The average molecular weight is 788 g/mol. The van der Waals surface area contributed by atoms with E-state index in [4.69, 9.17) is 9.60 Å². The molecule has 6 aliphatic carbocycles. The highest BCUT2D eigenvalue weighted by Gasteiger charge is 2.54. The largest absolute Gasteiger partial charge is 0.394 e. The van der Waals surface area contributed by atoms with Gasteiger partial charge in [-0.15, -0.1) is 0 Å². The van der Waals surface area contributed by atoms with E-state index >= 15 is 0 Å². The van der Waals surface area contributed by atoms with Crippen LogP contribution in [0.15, 0.2) is 0 Å². The fraction of sp³-hybridized carbons (Fsp3) is 1.00. The summed E-state index contributed by atoms with van der Waals surface area (Å²) in [4.78, 5) is 0. The molecule has 3 heteroatoms. The van der Waals surface area contributed by atoms with Crippen molar-refractivity contribution >= 4 is 0 Å². The summed E-state index contributed by atoms with van der Waals surface area (Å²) >= 11 is 0. The van der Waals surface area contributed by atoms with Crippen molar-refractivity contribution in [2.75, 3.05) is 0 Å². The summed E-state index contributed by atoms with van der Waals surface area (Å²) in [5, 5.41) is 0.